The third-order valence-electron chi connectivity index (χ3n) is 6.46. The van der Waals surface area contributed by atoms with E-state index in [2.05, 4.69) is 41.2 Å². The highest BCUT2D eigenvalue weighted by Crippen LogP contribution is 2.19. The van der Waals surface area contributed by atoms with Crippen LogP contribution in [-0.2, 0) is 29.0 Å². The summed E-state index contributed by atoms with van der Waals surface area (Å²) < 4.78 is 0.976. The van der Waals surface area contributed by atoms with E-state index < -0.39 is 6.04 Å². The second kappa shape index (κ2) is 12.7. The van der Waals surface area contributed by atoms with Gasteiger partial charge in [0.15, 0.2) is 0 Å². The highest BCUT2D eigenvalue weighted by atomic mass is 79.9. The normalized spacial score (nSPS) is 12.6. The molecule has 3 aromatic rings. The number of aryl methyl sites for hydroxylation is 2. The van der Waals surface area contributed by atoms with Crippen molar-refractivity contribution in [3.05, 3.63) is 105 Å². The van der Waals surface area contributed by atoms with Crippen molar-refractivity contribution in [1.29, 1.82) is 0 Å². The van der Waals surface area contributed by atoms with Crippen LogP contribution >= 0.6 is 15.9 Å². The summed E-state index contributed by atoms with van der Waals surface area (Å²) in [5, 5.41) is 3.12. The number of carbonyl (C=O) groups is 2. The molecule has 2 atom stereocenters. The van der Waals surface area contributed by atoms with Crippen LogP contribution in [0.1, 0.15) is 48.1 Å². The number of hydrogen-bond acceptors (Lipinski definition) is 2. The summed E-state index contributed by atoms with van der Waals surface area (Å²) in [6, 6.07) is 23.4. The SMILES string of the molecule is CC[C@H](C)NC(=O)[C@H](Cc1ccccc1)N(Cc1ccc(Br)cc1)C(=O)Cc1ccc(C)c(C)c1. The zero-order valence-electron chi connectivity index (χ0n) is 21.1. The largest absolute Gasteiger partial charge is 0.352 e. The monoisotopic (exact) mass is 534 g/mol. The van der Waals surface area contributed by atoms with Crippen LogP contribution in [0.4, 0.5) is 0 Å². The lowest BCUT2D eigenvalue weighted by atomic mass is 10.00. The van der Waals surface area contributed by atoms with Crippen LogP contribution < -0.4 is 5.32 Å². The summed E-state index contributed by atoms with van der Waals surface area (Å²) in [7, 11) is 0. The molecule has 0 spiro atoms. The molecule has 2 amide bonds. The number of amides is 2. The maximum atomic E-state index is 13.8. The highest BCUT2D eigenvalue weighted by Gasteiger charge is 2.31. The first-order valence-corrected chi connectivity index (χ1v) is 13.0. The molecule has 4 nitrogen and oxygen atoms in total. The molecule has 0 aliphatic carbocycles. The topological polar surface area (TPSA) is 49.4 Å². The van der Waals surface area contributed by atoms with Crippen LogP contribution in [0, 0.1) is 13.8 Å². The predicted molar refractivity (Wildman–Crippen MR) is 146 cm³/mol. The third kappa shape index (κ3) is 7.79. The van der Waals surface area contributed by atoms with Gasteiger partial charge in [-0.05, 0) is 67.1 Å². The van der Waals surface area contributed by atoms with E-state index in [1.54, 1.807) is 4.90 Å². The predicted octanol–water partition coefficient (Wildman–Crippen LogP) is 6.16. The third-order valence-corrected chi connectivity index (χ3v) is 6.99. The fourth-order valence-electron chi connectivity index (χ4n) is 3.97. The molecular weight excluding hydrogens is 500 g/mol. The van der Waals surface area contributed by atoms with Crippen molar-refractivity contribution in [2.45, 2.75) is 65.6 Å². The Morgan fingerprint density at radius 1 is 0.886 bits per heavy atom. The molecule has 3 rings (SSSR count). The second-order valence-electron chi connectivity index (χ2n) is 9.27. The number of benzene rings is 3. The molecule has 0 radical (unpaired) electrons. The van der Waals surface area contributed by atoms with Gasteiger partial charge >= 0.3 is 0 Å². The molecule has 0 saturated heterocycles. The van der Waals surface area contributed by atoms with Crippen LogP contribution in [0.5, 0.6) is 0 Å². The number of carbonyl (C=O) groups excluding carboxylic acids is 2. The lowest BCUT2D eigenvalue weighted by Crippen LogP contribution is -2.52. The number of nitrogens with zero attached hydrogens (tertiary/aromatic N) is 1. The molecule has 5 heteroatoms. The van der Waals surface area contributed by atoms with Crippen LogP contribution in [-0.4, -0.2) is 28.8 Å². The Hall–Kier alpha value is -2.92. The van der Waals surface area contributed by atoms with Gasteiger partial charge in [-0.15, -0.1) is 0 Å². The van der Waals surface area contributed by atoms with Crippen LogP contribution in [0.2, 0.25) is 0 Å². The summed E-state index contributed by atoms with van der Waals surface area (Å²) in [5.74, 6) is -0.176. The summed E-state index contributed by atoms with van der Waals surface area (Å²) in [4.78, 5) is 29.1. The lowest BCUT2D eigenvalue weighted by Gasteiger charge is -2.32. The maximum absolute atomic E-state index is 13.8. The molecule has 0 bridgehead atoms. The first-order valence-electron chi connectivity index (χ1n) is 12.2. The van der Waals surface area contributed by atoms with E-state index in [-0.39, 0.29) is 24.3 Å². The molecule has 35 heavy (non-hydrogen) atoms. The lowest BCUT2D eigenvalue weighted by molar-refractivity contribution is -0.141. The van der Waals surface area contributed by atoms with Crippen molar-refractivity contribution < 1.29 is 9.59 Å². The van der Waals surface area contributed by atoms with E-state index in [9.17, 15) is 9.59 Å². The minimum Gasteiger partial charge on any atom is -0.352 e. The van der Waals surface area contributed by atoms with E-state index in [0.29, 0.717) is 13.0 Å². The Balaban J connectivity index is 1.97. The molecule has 0 aliphatic rings. The maximum Gasteiger partial charge on any atom is 0.243 e. The second-order valence-corrected chi connectivity index (χ2v) is 10.2. The van der Waals surface area contributed by atoms with Crippen LogP contribution in [0.3, 0.4) is 0 Å². The summed E-state index contributed by atoms with van der Waals surface area (Å²) in [6.07, 6.45) is 1.53. The van der Waals surface area contributed by atoms with Gasteiger partial charge in [-0.1, -0.05) is 83.5 Å². The quantitative estimate of drug-likeness (QED) is 0.338. The first kappa shape index (κ1) is 26.7. The summed E-state index contributed by atoms with van der Waals surface area (Å²) in [6.45, 7) is 8.52. The van der Waals surface area contributed by atoms with Crippen LogP contribution in [0.15, 0.2) is 77.3 Å². The van der Waals surface area contributed by atoms with Crippen molar-refractivity contribution in [2.75, 3.05) is 0 Å². The van der Waals surface area contributed by atoms with E-state index in [1.165, 1.54) is 5.56 Å². The van der Waals surface area contributed by atoms with Gasteiger partial charge in [0.2, 0.25) is 11.8 Å². The van der Waals surface area contributed by atoms with Crippen molar-refractivity contribution in [3.63, 3.8) is 0 Å². The van der Waals surface area contributed by atoms with Gasteiger partial charge in [0.25, 0.3) is 0 Å². The number of halogens is 1. The van der Waals surface area contributed by atoms with E-state index in [1.807, 2.05) is 80.6 Å². The first-order chi connectivity index (χ1) is 16.8. The molecule has 0 saturated carbocycles. The Morgan fingerprint density at radius 3 is 2.17 bits per heavy atom. The zero-order valence-corrected chi connectivity index (χ0v) is 22.6. The molecule has 0 aromatic heterocycles. The van der Waals surface area contributed by atoms with Gasteiger partial charge in [-0.2, -0.15) is 0 Å². The average molecular weight is 536 g/mol. The molecule has 0 fully saturated rings. The highest BCUT2D eigenvalue weighted by molar-refractivity contribution is 9.10. The van der Waals surface area contributed by atoms with Gasteiger partial charge in [-0.3, -0.25) is 9.59 Å². The fraction of sp³-hybridized carbons (Fsp3) is 0.333. The fourth-order valence-corrected chi connectivity index (χ4v) is 4.24. The smallest absolute Gasteiger partial charge is 0.243 e. The Bertz CT molecular complexity index is 1130. The molecule has 0 aliphatic heterocycles. The summed E-state index contributed by atoms with van der Waals surface area (Å²) in [5.41, 5.74) is 5.32. The standard InChI is InChI=1S/C30H35BrN2O2/c1-5-23(4)32-30(35)28(18-24-9-7-6-8-10-24)33(20-25-13-15-27(31)16-14-25)29(34)19-26-12-11-21(2)22(3)17-26/h6-17,23,28H,5,18-20H2,1-4H3,(H,32,35)/t23-,28-/m0/s1. The summed E-state index contributed by atoms with van der Waals surface area (Å²) >= 11 is 3.48. The van der Waals surface area contributed by atoms with Gasteiger partial charge in [0, 0.05) is 23.5 Å². The molecule has 3 aromatic carbocycles. The van der Waals surface area contributed by atoms with Crippen molar-refractivity contribution in [1.82, 2.24) is 10.2 Å². The van der Waals surface area contributed by atoms with E-state index in [4.69, 9.17) is 0 Å². The van der Waals surface area contributed by atoms with Gasteiger partial charge in [0.05, 0.1) is 6.42 Å². The van der Waals surface area contributed by atoms with E-state index in [0.717, 1.165) is 33.1 Å². The molecule has 0 unspecified atom stereocenters. The molecular formula is C30H35BrN2O2. The number of hydrogen-bond donors (Lipinski definition) is 1. The Kier molecular flexibility index (Phi) is 9.67. The van der Waals surface area contributed by atoms with Gasteiger partial charge in [-0.25, -0.2) is 0 Å². The Morgan fingerprint density at radius 2 is 1.54 bits per heavy atom. The van der Waals surface area contributed by atoms with Crippen LogP contribution in [0.25, 0.3) is 0 Å². The minimum absolute atomic E-state index is 0.0326. The molecule has 1 N–H and O–H groups in total. The van der Waals surface area contributed by atoms with Crippen molar-refractivity contribution >= 4 is 27.7 Å². The average Bonchev–Trinajstić information content (AvgIpc) is 2.85. The zero-order chi connectivity index (χ0) is 25.4. The van der Waals surface area contributed by atoms with Crippen molar-refractivity contribution in [2.24, 2.45) is 0 Å². The van der Waals surface area contributed by atoms with Gasteiger partial charge < -0.3 is 10.2 Å². The molecule has 0 heterocycles. The van der Waals surface area contributed by atoms with E-state index >= 15 is 0 Å². The number of nitrogens with one attached hydrogen (secondary N) is 1. The minimum atomic E-state index is -0.617. The molecule has 184 valence electrons. The Labute approximate surface area is 217 Å². The number of rotatable bonds is 10. The van der Waals surface area contributed by atoms with Crippen molar-refractivity contribution in [3.8, 4) is 0 Å². The van der Waals surface area contributed by atoms with Gasteiger partial charge in [0.1, 0.15) is 6.04 Å².